The molecule has 0 bridgehead atoms. The first-order valence-electron chi connectivity index (χ1n) is 7.31. The zero-order valence-electron chi connectivity index (χ0n) is 11.7. The van der Waals surface area contributed by atoms with E-state index in [0.717, 1.165) is 32.0 Å². The number of imidazole rings is 1. The molecular formula is C14H24N4O. The van der Waals surface area contributed by atoms with Gasteiger partial charge in [-0.2, -0.15) is 0 Å². The second-order valence-corrected chi connectivity index (χ2v) is 5.81. The van der Waals surface area contributed by atoms with Gasteiger partial charge in [0.2, 0.25) is 0 Å². The Kier molecular flexibility index (Phi) is 4.15. The smallest absolute Gasteiger partial charge is 0.0925 e. The molecule has 0 amide bonds. The second-order valence-electron chi connectivity index (χ2n) is 5.81. The van der Waals surface area contributed by atoms with Crippen molar-refractivity contribution in [2.24, 2.45) is 5.92 Å². The van der Waals surface area contributed by atoms with E-state index in [1.807, 2.05) is 6.33 Å². The molecule has 3 rings (SSSR count). The molecule has 0 radical (unpaired) electrons. The van der Waals surface area contributed by atoms with Crippen molar-refractivity contribution in [3.05, 3.63) is 17.7 Å². The average Bonchev–Trinajstić information content (AvgIpc) is 2.89. The van der Waals surface area contributed by atoms with Crippen LogP contribution in [-0.2, 0) is 17.7 Å². The number of fused-ring (bicyclic) bond motifs is 1. The zero-order valence-corrected chi connectivity index (χ0v) is 11.7. The topological polar surface area (TPSA) is 53.2 Å². The van der Waals surface area contributed by atoms with E-state index in [4.69, 9.17) is 4.74 Å². The summed E-state index contributed by atoms with van der Waals surface area (Å²) in [5, 5.41) is 3.61. The lowest BCUT2D eigenvalue weighted by molar-refractivity contribution is 0.0946. The monoisotopic (exact) mass is 264 g/mol. The summed E-state index contributed by atoms with van der Waals surface area (Å²) in [6.45, 7) is 5.41. The second kappa shape index (κ2) is 6.03. The van der Waals surface area contributed by atoms with E-state index in [-0.39, 0.29) is 0 Å². The number of aromatic nitrogens is 2. The molecule has 1 atom stereocenters. The van der Waals surface area contributed by atoms with Crippen molar-refractivity contribution in [3.63, 3.8) is 0 Å². The maximum Gasteiger partial charge on any atom is 0.0925 e. The Hall–Kier alpha value is -0.910. The molecule has 1 unspecified atom stereocenters. The summed E-state index contributed by atoms with van der Waals surface area (Å²) in [6, 6.07) is 0.551. The summed E-state index contributed by atoms with van der Waals surface area (Å²) in [7, 11) is 1.81. The summed E-state index contributed by atoms with van der Waals surface area (Å²) >= 11 is 0. The molecule has 0 spiro atoms. The Balaban J connectivity index is 1.46. The first-order valence-corrected chi connectivity index (χ1v) is 7.31. The van der Waals surface area contributed by atoms with Crippen molar-refractivity contribution in [2.75, 3.05) is 33.4 Å². The lowest BCUT2D eigenvalue weighted by atomic mass is 9.96. The number of methoxy groups -OCH3 is 1. The number of hydrogen-bond donors (Lipinski definition) is 2. The van der Waals surface area contributed by atoms with Crippen LogP contribution in [-0.4, -0.2) is 54.3 Å². The van der Waals surface area contributed by atoms with Crippen LogP contribution in [0.1, 0.15) is 24.2 Å². The van der Waals surface area contributed by atoms with Gasteiger partial charge in [0.1, 0.15) is 0 Å². The van der Waals surface area contributed by atoms with Crippen LogP contribution in [0, 0.1) is 5.92 Å². The number of H-pyrrole nitrogens is 1. The molecule has 5 nitrogen and oxygen atoms in total. The van der Waals surface area contributed by atoms with Gasteiger partial charge in [0.15, 0.2) is 0 Å². The molecule has 0 saturated carbocycles. The van der Waals surface area contributed by atoms with Crippen molar-refractivity contribution in [3.8, 4) is 0 Å². The summed E-state index contributed by atoms with van der Waals surface area (Å²) in [5.41, 5.74) is 2.51. The zero-order chi connectivity index (χ0) is 13.1. The number of hydrogen-bond acceptors (Lipinski definition) is 4. The first-order chi connectivity index (χ1) is 9.35. The van der Waals surface area contributed by atoms with Gasteiger partial charge in [0, 0.05) is 39.3 Å². The molecule has 1 fully saturated rings. The highest BCUT2D eigenvalue weighted by atomic mass is 16.5. The molecule has 19 heavy (non-hydrogen) atoms. The predicted octanol–water partition coefficient (Wildman–Crippen LogP) is 0.782. The Morgan fingerprint density at radius 3 is 3.05 bits per heavy atom. The van der Waals surface area contributed by atoms with E-state index in [0.29, 0.717) is 6.04 Å². The van der Waals surface area contributed by atoms with Gasteiger partial charge in [0.05, 0.1) is 17.7 Å². The van der Waals surface area contributed by atoms with Gasteiger partial charge in [-0.05, 0) is 31.8 Å². The highest BCUT2D eigenvalue weighted by Gasteiger charge is 2.24. The molecule has 2 N–H and O–H groups in total. The average molecular weight is 264 g/mol. The fourth-order valence-electron chi connectivity index (χ4n) is 3.24. The van der Waals surface area contributed by atoms with Gasteiger partial charge < -0.3 is 19.9 Å². The lowest BCUT2D eigenvalue weighted by Crippen LogP contribution is -2.47. The van der Waals surface area contributed by atoms with Gasteiger partial charge in [-0.3, -0.25) is 0 Å². The molecule has 1 aromatic rings. The minimum atomic E-state index is 0.551. The summed E-state index contributed by atoms with van der Waals surface area (Å²) in [6.07, 6.45) is 5.41. The molecule has 106 valence electrons. The van der Waals surface area contributed by atoms with Crippen LogP contribution in [0.4, 0.5) is 0 Å². The summed E-state index contributed by atoms with van der Waals surface area (Å²) in [4.78, 5) is 10.2. The van der Waals surface area contributed by atoms with Crippen molar-refractivity contribution in [1.82, 2.24) is 20.2 Å². The summed E-state index contributed by atoms with van der Waals surface area (Å²) in [5.74, 6) is 0.763. The number of nitrogens with zero attached hydrogens (tertiary/aromatic N) is 2. The third kappa shape index (κ3) is 3.16. The quantitative estimate of drug-likeness (QED) is 0.844. The third-order valence-corrected chi connectivity index (χ3v) is 4.40. The van der Waals surface area contributed by atoms with Crippen LogP contribution >= 0.6 is 0 Å². The minimum Gasteiger partial charge on any atom is -0.384 e. The number of nitrogens with one attached hydrogen (secondary N) is 2. The molecular weight excluding hydrogens is 240 g/mol. The highest BCUT2D eigenvalue weighted by Crippen LogP contribution is 2.19. The van der Waals surface area contributed by atoms with E-state index < -0.39 is 0 Å². The Morgan fingerprint density at radius 2 is 2.26 bits per heavy atom. The normalized spacial score (nSPS) is 25.4. The number of ether oxygens (including phenoxy) is 1. The lowest BCUT2D eigenvalue weighted by Gasteiger charge is -2.35. The number of aromatic amines is 1. The largest absolute Gasteiger partial charge is 0.384 e. The van der Waals surface area contributed by atoms with Crippen LogP contribution in [0.25, 0.3) is 0 Å². The van der Waals surface area contributed by atoms with E-state index in [1.165, 1.54) is 37.3 Å². The Morgan fingerprint density at radius 1 is 1.42 bits per heavy atom. The number of likely N-dealkylation sites (tertiary alicyclic amines) is 1. The minimum absolute atomic E-state index is 0.551. The van der Waals surface area contributed by atoms with Crippen molar-refractivity contribution in [1.29, 1.82) is 0 Å². The fraction of sp³-hybridized carbons (Fsp3) is 0.786. The van der Waals surface area contributed by atoms with E-state index in [1.54, 1.807) is 7.11 Å². The van der Waals surface area contributed by atoms with E-state index in [9.17, 15) is 0 Å². The van der Waals surface area contributed by atoms with E-state index in [2.05, 4.69) is 20.2 Å². The van der Waals surface area contributed by atoms with Crippen LogP contribution in [0.5, 0.6) is 0 Å². The molecule has 1 aromatic heterocycles. The van der Waals surface area contributed by atoms with Crippen LogP contribution < -0.4 is 5.32 Å². The van der Waals surface area contributed by atoms with Gasteiger partial charge in [-0.15, -0.1) is 0 Å². The Bertz CT molecular complexity index is 398. The van der Waals surface area contributed by atoms with Gasteiger partial charge in [-0.25, -0.2) is 4.98 Å². The molecule has 5 heteroatoms. The Labute approximate surface area is 114 Å². The van der Waals surface area contributed by atoms with Crippen LogP contribution in [0.2, 0.25) is 0 Å². The predicted molar refractivity (Wildman–Crippen MR) is 74.0 cm³/mol. The maximum atomic E-state index is 5.25. The van der Waals surface area contributed by atoms with Crippen molar-refractivity contribution in [2.45, 2.75) is 31.8 Å². The SMILES string of the molecule is COCC1CCN(CC2Cc3nc[nH]c3CN2)CC1. The molecule has 2 aliphatic heterocycles. The number of piperidine rings is 1. The third-order valence-electron chi connectivity index (χ3n) is 4.40. The van der Waals surface area contributed by atoms with Gasteiger partial charge >= 0.3 is 0 Å². The molecule has 2 aliphatic rings. The van der Waals surface area contributed by atoms with Crippen molar-refractivity contribution < 1.29 is 4.74 Å². The molecule has 1 saturated heterocycles. The van der Waals surface area contributed by atoms with Crippen LogP contribution in [0.15, 0.2) is 6.33 Å². The maximum absolute atomic E-state index is 5.25. The highest BCUT2D eigenvalue weighted by molar-refractivity contribution is 5.16. The van der Waals surface area contributed by atoms with Gasteiger partial charge in [-0.1, -0.05) is 0 Å². The first kappa shape index (κ1) is 13.1. The molecule has 3 heterocycles. The summed E-state index contributed by atoms with van der Waals surface area (Å²) < 4.78 is 5.25. The fourth-order valence-corrected chi connectivity index (χ4v) is 3.24. The van der Waals surface area contributed by atoms with Crippen molar-refractivity contribution >= 4 is 0 Å². The molecule has 0 aromatic carbocycles. The standard InChI is InChI=1S/C14H24N4O/c1-19-9-11-2-4-18(5-3-11)8-12-6-13-14(7-15-12)17-10-16-13/h10-12,15H,2-9H2,1H3,(H,16,17). The van der Waals surface area contributed by atoms with E-state index >= 15 is 0 Å². The van der Waals surface area contributed by atoms with Gasteiger partial charge in [0.25, 0.3) is 0 Å². The molecule has 0 aliphatic carbocycles. The van der Waals surface area contributed by atoms with Crippen LogP contribution in [0.3, 0.4) is 0 Å². The number of rotatable bonds is 4.